The molecule has 31 heavy (non-hydrogen) atoms. The Morgan fingerprint density at radius 3 is 2.03 bits per heavy atom. The molecule has 0 aliphatic heterocycles. The van der Waals surface area contributed by atoms with Crippen LogP contribution in [0.5, 0.6) is 0 Å². The Bertz CT molecular complexity index is 1070. The second kappa shape index (κ2) is 8.42. The number of nitrogens with one attached hydrogen (secondary N) is 1. The summed E-state index contributed by atoms with van der Waals surface area (Å²) in [5.41, 5.74) is -4.90. The maximum atomic E-state index is 12.8. The molecular weight excluding hydrogens is 436 g/mol. The van der Waals surface area contributed by atoms with Crippen LogP contribution in [0.2, 0.25) is 0 Å². The van der Waals surface area contributed by atoms with Crippen LogP contribution in [-0.2, 0) is 17.1 Å². The third-order valence-electron chi connectivity index (χ3n) is 3.92. The lowest BCUT2D eigenvalue weighted by Gasteiger charge is -2.12. The van der Waals surface area contributed by atoms with E-state index in [1.54, 1.807) is 0 Å². The molecule has 2 aromatic carbocycles. The largest absolute Gasteiger partial charge is 0.423 e. The number of anilines is 1. The summed E-state index contributed by atoms with van der Waals surface area (Å²) in [5, 5.41) is 21.9. The van der Waals surface area contributed by atoms with Crippen molar-refractivity contribution in [1.82, 2.24) is 0 Å². The smallest absolute Gasteiger partial charge is 0.324 e. The van der Waals surface area contributed by atoms with Crippen LogP contribution in [0.3, 0.4) is 0 Å². The number of nitrogens with zero attached hydrogens (tertiary/aromatic N) is 2. The predicted molar refractivity (Wildman–Crippen MR) is 91.6 cm³/mol. The molecule has 1 atom stereocenters. The van der Waals surface area contributed by atoms with Gasteiger partial charge in [-0.25, -0.2) is 0 Å². The van der Waals surface area contributed by atoms with Crippen molar-refractivity contribution in [3.05, 3.63) is 69.3 Å². The number of nitro groups is 1. The van der Waals surface area contributed by atoms with Crippen LogP contribution in [0.1, 0.15) is 21.5 Å². The number of rotatable bonds is 5. The van der Waals surface area contributed by atoms with E-state index >= 15 is 0 Å². The predicted octanol–water partition coefficient (Wildman–Crippen LogP) is 4.59. The zero-order chi connectivity index (χ0) is 23.6. The monoisotopic (exact) mass is 445 g/mol. The minimum atomic E-state index is -5.04. The molecule has 1 unspecified atom stereocenters. The van der Waals surface area contributed by atoms with Crippen molar-refractivity contribution in [1.29, 1.82) is 5.26 Å². The average molecular weight is 445 g/mol. The third kappa shape index (κ3) is 5.35. The van der Waals surface area contributed by atoms with E-state index in [1.165, 1.54) is 6.07 Å². The molecule has 0 fully saturated rings. The second-order valence-corrected chi connectivity index (χ2v) is 5.98. The van der Waals surface area contributed by atoms with Crippen LogP contribution < -0.4 is 5.32 Å². The zero-order valence-corrected chi connectivity index (χ0v) is 14.9. The Labute approximate surface area is 169 Å². The number of nitro benzene ring substituents is 1. The molecule has 13 heteroatoms. The Morgan fingerprint density at radius 2 is 1.58 bits per heavy atom. The molecule has 162 valence electrons. The number of alkyl halides is 6. The second-order valence-electron chi connectivity index (χ2n) is 5.98. The van der Waals surface area contributed by atoms with E-state index in [0.29, 0.717) is 30.3 Å². The van der Waals surface area contributed by atoms with E-state index in [4.69, 9.17) is 5.26 Å². The minimum absolute atomic E-state index is 0.340. The number of halogens is 6. The molecule has 0 heterocycles. The maximum absolute atomic E-state index is 12.8. The highest BCUT2D eigenvalue weighted by Crippen LogP contribution is 2.37. The molecule has 1 N–H and O–H groups in total. The van der Waals surface area contributed by atoms with Crippen LogP contribution in [-0.4, -0.2) is 16.6 Å². The normalized spacial score (nSPS) is 12.5. The van der Waals surface area contributed by atoms with Gasteiger partial charge in [-0.2, -0.15) is 31.6 Å². The van der Waals surface area contributed by atoms with E-state index in [9.17, 15) is 46.0 Å². The van der Waals surface area contributed by atoms with Crippen molar-refractivity contribution < 1.29 is 40.9 Å². The summed E-state index contributed by atoms with van der Waals surface area (Å²) in [6.07, 6.45) is -9.72. The number of Topliss-reactive ketones (excluding diaryl/α,β-unsaturated/α-hetero) is 1. The number of ketones is 1. The van der Waals surface area contributed by atoms with Gasteiger partial charge in [-0.1, -0.05) is 12.1 Å². The molecule has 0 aromatic heterocycles. The SMILES string of the molecule is N#CC(C(=O)Nc1ccc(C(F)(F)F)c([N+](=O)[O-])c1)C(=O)c1ccc(C(F)(F)F)cc1. The molecule has 0 spiro atoms. The summed E-state index contributed by atoms with van der Waals surface area (Å²) >= 11 is 0. The summed E-state index contributed by atoms with van der Waals surface area (Å²) in [6.45, 7) is 0. The van der Waals surface area contributed by atoms with Gasteiger partial charge in [-0.15, -0.1) is 0 Å². The fraction of sp³-hybridized carbons (Fsp3) is 0.167. The average Bonchev–Trinajstić information content (AvgIpc) is 2.67. The summed E-state index contributed by atoms with van der Waals surface area (Å²) in [7, 11) is 0. The van der Waals surface area contributed by atoms with Gasteiger partial charge in [-0.3, -0.25) is 19.7 Å². The van der Waals surface area contributed by atoms with E-state index in [0.717, 1.165) is 12.1 Å². The van der Waals surface area contributed by atoms with Crippen molar-refractivity contribution in [2.24, 2.45) is 5.92 Å². The number of benzene rings is 2. The van der Waals surface area contributed by atoms with E-state index < -0.39 is 62.9 Å². The van der Waals surface area contributed by atoms with Gasteiger partial charge < -0.3 is 5.32 Å². The molecular formula is C18H9F6N3O4. The number of carbonyl (C=O) groups excluding carboxylic acids is 2. The Hall–Kier alpha value is -3.95. The van der Waals surface area contributed by atoms with Crippen LogP contribution in [0.25, 0.3) is 0 Å². The van der Waals surface area contributed by atoms with Crippen molar-refractivity contribution in [3.8, 4) is 6.07 Å². The van der Waals surface area contributed by atoms with Crippen LogP contribution in [0.4, 0.5) is 37.7 Å². The lowest BCUT2D eigenvalue weighted by molar-refractivity contribution is -0.388. The standard InChI is InChI=1S/C18H9F6N3O4/c19-17(20,21)10-3-1-9(2-4-10)15(28)12(8-25)16(29)26-11-5-6-13(18(22,23)24)14(7-11)27(30)31/h1-7,12H,(H,26,29). The van der Waals surface area contributed by atoms with Gasteiger partial charge in [0.15, 0.2) is 11.7 Å². The van der Waals surface area contributed by atoms with Gasteiger partial charge in [0.2, 0.25) is 5.91 Å². The topological polar surface area (TPSA) is 113 Å². The van der Waals surface area contributed by atoms with E-state index in [-0.39, 0.29) is 0 Å². The quantitative estimate of drug-likeness (QED) is 0.238. The molecule has 1 amide bonds. The first kappa shape index (κ1) is 23.3. The molecule has 0 saturated carbocycles. The number of amides is 1. The van der Waals surface area contributed by atoms with Crippen molar-refractivity contribution in [3.63, 3.8) is 0 Å². The van der Waals surface area contributed by atoms with Crippen LogP contribution in [0.15, 0.2) is 42.5 Å². The van der Waals surface area contributed by atoms with Gasteiger partial charge in [0.05, 0.1) is 16.6 Å². The van der Waals surface area contributed by atoms with Crippen molar-refractivity contribution >= 4 is 23.1 Å². The molecule has 7 nitrogen and oxygen atoms in total. The van der Waals surface area contributed by atoms with E-state index in [1.807, 2.05) is 5.32 Å². The summed E-state index contributed by atoms with van der Waals surface area (Å²) in [6, 6.07) is 5.41. The number of nitriles is 1. The first-order chi connectivity index (χ1) is 14.3. The molecule has 0 saturated heterocycles. The fourth-order valence-electron chi connectivity index (χ4n) is 2.44. The highest BCUT2D eigenvalue weighted by molar-refractivity contribution is 6.15. The first-order valence-corrected chi connectivity index (χ1v) is 8.03. The van der Waals surface area contributed by atoms with Gasteiger partial charge in [0.25, 0.3) is 5.69 Å². The van der Waals surface area contributed by atoms with Gasteiger partial charge >= 0.3 is 12.4 Å². The fourth-order valence-corrected chi connectivity index (χ4v) is 2.44. The maximum Gasteiger partial charge on any atom is 0.423 e. The molecule has 2 rings (SSSR count). The number of hydrogen-bond acceptors (Lipinski definition) is 5. The molecule has 0 aliphatic rings. The Kier molecular flexibility index (Phi) is 6.34. The first-order valence-electron chi connectivity index (χ1n) is 8.03. The van der Waals surface area contributed by atoms with Gasteiger partial charge in [0, 0.05) is 17.3 Å². The van der Waals surface area contributed by atoms with Crippen LogP contribution in [0, 0.1) is 27.4 Å². The highest BCUT2D eigenvalue weighted by Gasteiger charge is 2.38. The molecule has 0 bridgehead atoms. The summed E-state index contributed by atoms with van der Waals surface area (Å²) < 4.78 is 76.3. The highest BCUT2D eigenvalue weighted by atomic mass is 19.4. The summed E-state index contributed by atoms with van der Waals surface area (Å²) in [4.78, 5) is 34.1. The lowest BCUT2D eigenvalue weighted by Crippen LogP contribution is -2.28. The zero-order valence-electron chi connectivity index (χ0n) is 14.9. The minimum Gasteiger partial charge on any atom is -0.324 e. The van der Waals surface area contributed by atoms with Gasteiger partial charge in [-0.05, 0) is 24.3 Å². The summed E-state index contributed by atoms with van der Waals surface area (Å²) in [5.74, 6) is -4.57. The number of carbonyl (C=O) groups is 2. The number of hydrogen-bond donors (Lipinski definition) is 1. The van der Waals surface area contributed by atoms with Crippen molar-refractivity contribution in [2.45, 2.75) is 12.4 Å². The molecule has 0 aliphatic carbocycles. The third-order valence-corrected chi connectivity index (χ3v) is 3.92. The Balaban J connectivity index is 2.27. The lowest BCUT2D eigenvalue weighted by atomic mass is 9.97. The Morgan fingerprint density at radius 1 is 1.00 bits per heavy atom. The van der Waals surface area contributed by atoms with Crippen molar-refractivity contribution in [2.75, 3.05) is 5.32 Å². The van der Waals surface area contributed by atoms with Crippen LogP contribution >= 0.6 is 0 Å². The molecule has 2 aromatic rings. The van der Waals surface area contributed by atoms with Gasteiger partial charge in [0.1, 0.15) is 5.56 Å². The van der Waals surface area contributed by atoms with E-state index in [2.05, 4.69) is 0 Å². The molecule has 0 radical (unpaired) electrons.